The van der Waals surface area contributed by atoms with Gasteiger partial charge in [-0.1, -0.05) is 13.8 Å². The Morgan fingerprint density at radius 3 is 2.62 bits per heavy atom. The van der Waals surface area contributed by atoms with E-state index in [0.717, 1.165) is 18.2 Å². The van der Waals surface area contributed by atoms with Gasteiger partial charge in [0.15, 0.2) is 0 Å². The van der Waals surface area contributed by atoms with Crippen LogP contribution in [-0.4, -0.2) is 23.7 Å². The first-order valence-corrected chi connectivity index (χ1v) is 5.60. The van der Waals surface area contributed by atoms with E-state index in [1.807, 2.05) is 0 Å². The average molecular weight is 205 g/mol. The van der Waals surface area contributed by atoms with Gasteiger partial charge in [0.2, 0.25) is 0 Å². The number of rotatable bonds is 5. The van der Waals surface area contributed by atoms with E-state index in [1.165, 1.54) is 0 Å². The maximum Gasteiger partial charge on any atom is 0.367 e. The van der Waals surface area contributed by atoms with Gasteiger partial charge < -0.3 is 10.5 Å². The SMILES string of the molecule is CCOC(=O)SCC(N)CC(C)C. The summed E-state index contributed by atoms with van der Waals surface area (Å²) in [5, 5.41) is -0.221. The fourth-order valence-electron chi connectivity index (χ4n) is 1.01. The van der Waals surface area contributed by atoms with Gasteiger partial charge in [-0.15, -0.1) is 0 Å². The predicted molar refractivity (Wildman–Crippen MR) is 56.9 cm³/mol. The first kappa shape index (κ1) is 12.8. The van der Waals surface area contributed by atoms with E-state index in [2.05, 4.69) is 13.8 Å². The average Bonchev–Trinajstić information content (AvgIpc) is 2.00. The maximum absolute atomic E-state index is 10.9. The summed E-state index contributed by atoms with van der Waals surface area (Å²) in [5.74, 6) is 1.23. The van der Waals surface area contributed by atoms with Crippen molar-refractivity contribution in [2.75, 3.05) is 12.4 Å². The van der Waals surface area contributed by atoms with E-state index in [-0.39, 0.29) is 11.3 Å². The molecule has 0 radical (unpaired) electrons. The molecule has 4 heteroatoms. The first-order valence-electron chi connectivity index (χ1n) is 4.61. The van der Waals surface area contributed by atoms with Crippen molar-refractivity contribution >= 4 is 17.1 Å². The van der Waals surface area contributed by atoms with Crippen LogP contribution in [0.2, 0.25) is 0 Å². The van der Waals surface area contributed by atoms with E-state index in [1.54, 1.807) is 6.92 Å². The molecule has 0 spiro atoms. The molecule has 0 amide bonds. The van der Waals surface area contributed by atoms with Crippen LogP contribution >= 0.6 is 11.8 Å². The number of carbonyl (C=O) groups excluding carboxylic acids is 1. The summed E-state index contributed by atoms with van der Waals surface area (Å²) >= 11 is 1.16. The highest BCUT2D eigenvalue weighted by atomic mass is 32.2. The summed E-state index contributed by atoms with van der Waals surface area (Å²) in [5.41, 5.74) is 5.79. The molecular weight excluding hydrogens is 186 g/mol. The summed E-state index contributed by atoms with van der Waals surface area (Å²) in [6.45, 7) is 6.47. The van der Waals surface area contributed by atoms with Crippen molar-refractivity contribution in [1.82, 2.24) is 0 Å². The maximum atomic E-state index is 10.9. The molecule has 0 rings (SSSR count). The van der Waals surface area contributed by atoms with Crippen LogP contribution in [0.3, 0.4) is 0 Å². The molecular formula is C9H19NO2S. The lowest BCUT2D eigenvalue weighted by molar-refractivity contribution is 0.181. The molecule has 0 heterocycles. The monoisotopic (exact) mass is 205 g/mol. The molecule has 0 bridgehead atoms. The number of hydrogen-bond acceptors (Lipinski definition) is 4. The fourth-order valence-corrected chi connectivity index (χ4v) is 1.70. The van der Waals surface area contributed by atoms with Crippen molar-refractivity contribution in [3.63, 3.8) is 0 Å². The second kappa shape index (κ2) is 7.21. The van der Waals surface area contributed by atoms with Crippen molar-refractivity contribution in [3.05, 3.63) is 0 Å². The molecule has 0 saturated carbocycles. The van der Waals surface area contributed by atoms with Crippen LogP contribution in [0.15, 0.2) is 0 Å². The van der Waals surface area contributed by atoms with Gasteiger partial charge in [0.25, 0.3) is 0 Å². The molecule has 1 unspecified atom stereocenters. The van der Waals surface area contributed by atoms with Gasteiger partial charge in [0.1, 0.15) is 0 Å². The second-order valence-corrected chi connectivity index (χ2v) is 4.34. The Labute approximate surface area is 84.4 Å². The summed E-state index contributed by atoms with van der Waals surface area (Å²) in [7, 11) is 0. The molecule has 1 atom stereocenters. The van der Waals surface area contributed by atoms with Crippen LogP contribution in [0.5, 0.6) is 0 Å². The minimum atomic E-state index is -0.221. The molecule has 0 aromatic heterocycles. The lowest BCUT2D eigenvalue weighted by atomic mass is 10.1. The molecule has 0 aliphatic rings. The molecule has 0 aliphatic heterocycles. The molecule has 0 aromatic rings. The van der Waals surface area contributed by atoms with Crippen LogP contribution in [0.4, 0.5) is 4.79 Å². The largest absolute Gasteiger partial charge is 0.458 e. The zero-order valence-corrected chi connectivity index (χ0v) is 9.39. The number of hydrogen-bond donors (Lipinski definition) is 1. The summed E-state index contributed by atoms with van der Waals surface area (Å²) in [6, 6.07) is 0.0920. The molecule has 2 N–H and O–H groups in total. The third-order valence-electron chi connectivity index (χ3n) is 1.45. The third kappa shape index (κ3) is 8.12. The molecule has 3 nitrogen and oxygen atoms in total. The number of ether oxygens (including phenoxy) is 1. The van der Waals surface area contributed by atoms with Crippen molar-refractivity contribution in [2.24, 2.45) is 11.7 Å². The highest BCUT2D eigenvalue weighted by Gasteiger charge is 2.09. The third-order valence-corrected chi connectivity index (χ3v) is 2.40. The summed E-state index contributed by atoms with van der Waals surface area (Å²) in [6.07, 6.45) is 0.951. The molecule has 13 heavy (non-hydrogen) atoms. The number of nitrogens with two attached hydrogens (primary N) is 1. The molecule has 0 aromatic carbocycles. The Balaban J connectivity index is 3.45. The topological polar surface area (TPSA) is 52.3 Å². The predicted octanol–water partition coefficient (Wildman–Crippen LogP) is 2.25. The van der Waals surface area contributed by atoms with Crippen molar-refractivity contribution in [2.45, 2.75) is 33.2 Å². The Morgan fingerprint density at radius 1 is 1.54 bits per heavy atom. The van der Waals surface area contributed by atoms with E-state index in [9.17, 15) is 4.79 Å². The normalized spacial score (nSPS) is 13.0. The van der Waals surface area contributed by atoms with E-state index in [0.29, 0.717) is 18.3 Å². The van der Waals surface area contributed by atoms with Gasteiger partial charge in [-0.05, 0) is 31.0 Å². The zero-order chi connectivity index (χ0) is 10.3. The van der Waals surface area contributed by atoms with E-state index < -0.39 is 0 Å². The lowest BCUT2D eigenvalue weighted by Crippen LogP contribution is -2.25. The highest BCUT2D eigenvalue weighted by molar-refractivity contribution is 8.13. The van der Waals surface area contributed by atoms with Gasteiger partial charge in [-0.2, -0.15) is 0 Å². The molecule has 0 saturated heterocycles. The summed E-state index contributed by atoms with van der Waals surface area (Å²) in [4.78, 5) is 10.9. The minimum absolute atomic E-state index is 0.0920. The molecule has 0 fully saturated rings. The standard InChI is InChI=1S/C9H19NO2S/c1-4-12-9(11)13-6-8(10)5-7(2)3/h7-8H,4-6,10H2,1-3H3. The van der Waals surface area contributed by atoms with E-state index in [4.69, 9.17) is 10.5 Å². The fraction of sp³-hybridized carbons (Fsp3) is 0.889. The van der Waals surface area contributed by atoms with Crippen molar-refractivity contribution in [1.29, 1.82) is 0 Å². The van der Waals surface area contributed by atoms with Crippen LogP contribution < -0.4 is 5.73 Å². The van der Waals surface area contributed by atoms with Gasteiger partial charge in [0.05, 0.1) is 6.61 Å². The quantitative estimate of drug-likeness (QED) is 0.699. The Kier molecular flexibility index (Phi) is 7.09. The molecule has 78 valence electrons. The number of thioether (sulfide) groups is 1. The van der Waals surface area contributed by atoms with E-state index >= 15 is 0 Å². The van der Waals surface area contributed by atoms with Gasteiger partial charge >= 0.3 is 5.30 Å². The van der Waals surface area contributed by atoms with Gasteiger partial charge in [-0.25, -0.2) is 4.79 Å². The van der Waals surface area contributed by atoms with Crippen LogP contribution in [-0.2, 0) is 4.74 Å². The smallest absolute Gasteiger partial charge is 0.367 e. The Morgan fingerprint density at radius 2 is 2.15 bits per heavy atom. The minimum Gasteiger partial charge on any atom is -0.458 e. The molecule has 0 aliphatic carbocycles. The lowest BCUT2D eigenvalue weighted by Gasteiger charge is -2.12. The van der Waals surface area contributed by atoms with Crippen LogP contribution in [0, 0.1) is 5.92 Å². The van der Waals surface area contributed by atoms with Crippen LogP contribution in [0.25, 0.3) is 0 Å². The first-order chi connectivity index (χ1) is 6.06. The Bertz CT molecular complexity index is 151. The van der Waals surface area contributed by atoms with Gasteiger partial charge in [-0.3, -0.25) is 0 Å². The number of carbonyl (C=O) groups is 1. The van der Waals surface area contributed by atoms with Crippen LogP contribution in [0.1, 0.15) is 27.2 Å². The Hall–Kier alpha value is -0.220. The van der Waals surface area contributed by atoms with Gasteiger partial charge in [0, 0.05) is 11.8 Å². The highest BCUT2D eigenvalue weighted by Crippen LogP contribution is 2.11. The summed E-state index contributed by atoms with van der Waals surface area (Å²) < 4.78 is 4.77. The van der Waals surface area contributed by atoms with Crippen molar-refractivity contribution in [3.8, 4) is 0 Å². The zero-order valence-electron chi connectivity index (χ0n) is 8.58. The second-order valence-electron chi connectivity index (χ2n) is 3.38. The van der Waals surface area contributed by atoms with Crippen molar-refractivity contribution < 1.29 is 9.53 Å².